The third kappa shape index (κ3) is 2.78. The maximum atomic E-state index is 13.0. The Morgan fingerprint density at radius 3 is 2.61 bits per heavy atom. The Kier molecular flexibility index (Phi) is 3.93. The van der Waals surface area contributed by atoms with Gasteiger partial charge in [-0.15, -0.1) is 11.6 Å². The zero-order chi connectivity index (χ0) is 19.7. The lowest BCUT2D eigenvalue weighted by Crippen LogP contribution is -2.56. The van der Waals surface area contributed by atoms with E-state index in [0.29, 0.717) is 23.8 Å². The average molecular weight is 402 g/mol. The molecule has 0 radical (unpaired) electrons. The van der Waals surface area contributed by atoms with Crippen molar-refractivity contribution in [2.75, 3.05) is 11.9 Å². The summed E-state index contributed by atoms with van der Waals surface area (Å²) in [6, 6.07) is 5.14. The van der Waals surface area contributed by atoms with Gasteiger partial charge in [-0.05, 0) is 81.0 Å². The molecule has 1 aromatic carbocycles. The second-order valence-corrected chi connectivity index (χ2v) is 10.2. The average Bonchev–Trinajstić information content (AvgIpc) is 2.91. The van der Waals surface area contributed by atoms with Crippen molar-refractivity contribution >= 4 is 34.9 Å². The Labute approximate surface area is 169 Å². The third-order valence-corrected chi connectivity index (χ3v) is 7.69. The molecule has 4 saturated carbocycles. The van der Waals surface area contributed by atoms with E-state index in [2.05, 4.69) is 5.32 Å². The van der Waals surface area contributed by atoms with Crippen LogP contribution in [0.3, 0.4) is 0 Å². The molecule has 1 amide bonds. The lowest BCUT2D eigenvalue weighted by atomic mass is 9.49. The van der Waals surface area contributed by atoms with Crippen LogP contribution >= 0.6 is 11.6 Å². The number of amides is 1. The minimum absolute atomic E-state index is 0.0668. The van der Waals surface area contributed by atoms with Crippen LogP contribution in [-0.2, 0) is 14.3 Å². The molecule has 4 bridgehead atoms. The molecule has 1 heterocycles. The number of anilines is 1. The van der Waals surface area contributed by atoms with Gasteiger partial charge in [0, 0.05) is 16.1 Å². The zero-order valence-electron chi connectivity index (χ0n) is 15.9. The van der Waals surface area contributed by atoms with Gasteiger partial charge in [0.2, 0.25) is 5.91 Å². The van der Waals surface area contributed by atoms with Crippen molar-refractivity contribution in [2.24, 2.45) is 17.3 Å². The van der Waals surface area contributed by atoms with Crippen molar-refractivity contribution in [2.45, 2.75) is 56.2 Å². The first kappa shape index (κ1) is 18.2. The van der Waals surface area contributed by atoms with Gasteiger partial charge in [-0.3, -0.25) is 14.4 Å². The van der Waals surface area contributed by atoms with Gasteiger partial charge >= 0.3 is 5.97 Å². The largest absolute Gasteiger partial charge is 0.457 e. The highest BCUT2D eigenvalue weighted by Crippen LogP contribution is 2.64. The summed E-state index contributed by atoms with van der Waals surface area (Å²) in [7, 11) is 0. The molecule has 2 unspecified atom stereocenters. The van der Waals surface area contributed by atoms with Gasteiger partial charge in [0.25, 0.3) is 0 Å². The summed E-state index contributed by atoms with van der Waals surface area (Å²) in [4.78, 5) is 37.1. The Bertz CT molecular complexity index is 881. The topological polar surface area (TPSA) is 72.5 Å². The van der Waals surface area contributed by atoms with E-state index in [1.165, 1.54) is 6.42 Å². The van der Waals surface area contributed by atoms with Crippen LogP contribution in [0.25, 0.3) is 0 Å². The molecule has 0 spiro atoms. The minimum atomic E-state index is -0.505. The number of esters is 1. The SMILES string of the molecule is C[C@H]1C(=O)Nc2ccc(C(=O)COC(=O)C34C[C@@H]5C[C@@H](CC(Cl)(C5)C3)C4)cc21. The molecular weight excluding hydrogens is 378 g/mol. The van der Waals surface area contributed by atoms with Gasteiger partial charge in [-0.1, -0.05) is 0 Å². The van der Waals surface area contributed by atoms with Gasteiger partial charge in [-0.2, -0.15) is 0 Å². The number of nitrogens with one attached hydrogen (secondary N) is 1. The molecule has 0 aromatic heterocycles. The molecule has 4 fully saturated rings. The molecule has 5 aliphatic rings. The summed E-state index contributed by atoms with van der Waals surface area (Å²) in [6.45, 7) is 1.55. The van der Waals surface area contributed by atoms with Crippen LogP contribution in [0.4, 0.5) is 5.69 Å². The van der Waals surface area contributed by atoms with E-state index in [9.17, 15) is 14.4 Å². The molecular formula is C22H24ClNO4. The van der Waals surface area contributed by atoms with Crippen molar-refractivity contribution in [1.82, 2.24) is 0 Å². The van der Waals surface area contributed by atoms with E-state index in [1.54, 1.807) is 18.2 Å². The number of ether oxygens (including phenoxy) is 1. The molecule has 4 aliphatic carbocycles. The van der Waals surface area contributed by atoms with Crippen LogP contribution < -0.4 is 5.32 Å². The summed E-state index contributed by atoms with van der Waals surface area (Å²) < 4.78 is 5.53. The fraction of sp³-hybridized carbons (Fsp3) is 0.591. The number of hydrogen-bond acceptors (Lipinski definition) is 4. The Morgan fingerprint density at radius 2 is 1.93 bits per heavy atom. The minimum Gasteiger partial charge on any atom is -0.457 e. The summed E-state index contributed by atoms with van der Waals surface area (Å²) >= 11 is 6.79. The van der Waals surface area contributed by atoms with Crippen molar-refractivity contribution < 1.29 is 19.1 Å². The molecule has 148 valence electrons. The lowest BCUT2D eigenvalue weighted by Gasteiger charge is -2.58. The smallest absolute Gasteiger partial charge is 0.312 e. The molecule has 1 aromatic rings. The maximum Gasteiger partial charge on any atom is 0.312 e. The van der Waals surface area contributed by atoms with Gasteiger partial charge < -0.3 is 10.1 Å². The normalized spacial score (nSPS) is 37.5. The number of carbonyl (C=O) groups excluding carboxylic acids is 3. The van der Waals surface area contributed by atoms with Gasteiger partial charge in [0.1, 0.15) is 0 Å². The van der Waals surface area contributed by atoms with E-state index in [0.717, 1.165) is 36.9 Å². The highest BCUT2D eigenvalue weighted by Gasteiger charge is 2.60. The zero-order valence-corrected chi connectivity index (χ0v) is 16.7. The van der Waals surface area contributed by atoms with Crippen LogP contribution in [0.15, 0.2) is 18.2 Å². The number of alkyl halides is 1. The highest BCUT2D eigenvalue weighted by atomic mass is 35.5. The number of fused-ring (bicyclic) bond motifs is 1. The predicted molar refractivity (Wildman–Crippen MR) is 104 cm³/mol. The molecule has 1 N–H and O–H groups in total. The number of hydrogen-bond donors (Lipinski definition) is 1. The van der Waals surface area contributed by atoms with Gasteiger partial charge in [-0.25, -0.2) is 0 Å². The number of ketones is 1. The lowest BCUT2D eigenvalue weighted by molar-refractivity contribution is -0.168. The van der Waals surface area contributed by atoms with Crippen molar-refractivity contribution in [3.8, 4) is 0 Å². The Hall–Kier alpha value is -1.88. The highest BCUT2D eigenvalue weighted by molar-refractivity contribution is 6.24. The van der Waals surface area contributed by atoms with E-state index in [1.807, 2.05) is 6.92 Å². The number of halogens is 1. The molecule has 6 heteroatoms. The van der Waals surface area contributed by atoms with Crippen LogP contribution in [0.1, 0.15) is 67.3 Å². The Morgan fingerprint density at radius 1 is 1.21 bits per heavy atom. The van der Waals surface area contributed by atoms with E-state index in [4.69, 9.17) is 16.3 Å². The molecule has 28 heavy (non-hydrogen) atoms. The summed E-state index contributed by atoms with van der Waals surface area (Å²) in [5.74, 6) is 0.162. The third-order valence-electron chi connectivity index (χ3n) is 7.25. The van der Waals surface area contributed by atoms with Crippen molar-refractivity contribution in [3.05, 3.63) is 29.3 Å². The predicted octanol–water partition coefficient (Wildman–Crippen LogP) is 4.05. The van der Waals surface area contributed by atoms with E-state index < -0.39 is 5.41 Å². The monoisotopic (exact) mass is 401 g/mol. The van der Waals surface area contributed by atoms with E-state index in [-0.39, 0.29) is 35.1 Å². The molecule has 1 aliphatic heterocycles. The number of benzene rings is 1. The summed E-state index contributed by atoms with van der Waals surface area (Å²) in [5.41, 5.74) is 1.52. The molecule has 6 rings (SSSR count). The van der Waals surface area contributed by atoms with Crippen LogP contribution in [-0.4, -0.2) is 29.1 Å². The number of Topliss-reactive ketones (excluding diaryl/α,β-unsaturated/α-hetero) is 1. The second kappa shape index (κ2) is 6.06. The molecule has 0 saturated heterocycles. The second-order valence-electron chi connectivity index (χ2n) is 9.40. The van der Waals surface area contributed by atoms with Crippen LogP contribution in [0.5, 0.6) is 0 Å². The molecule has 5 nitrogen and oxygen atoms in total. The summed E-state index contributed by atoms with van der Waals surface area (Å²) in [6.07, 6.45) is 5.52. The summed E-state index contributed by atoms with van der Waals surface area (Å²) in [5, 5.41) is 2.79. The fourth-order valence-corrected chi connectivity index (χ4v) is 7.04. The van der Waals surface area contributed by atoms with E-state index >= 15 is 0 Å². The first-order chi connectivity index (χ1) is 13.3. The first-order valence-corrected chi connectivity index (χ1v) is 10.5. The van der Waals surface area contributed by atoms with Gasteiger partial charge in [0.15, 0.2) is 12.4 Å². The molecule has 5 atom stereocenters. The quantitative estimate of drug-likeness (QED) is 0.469. The Balaban J connectivity index is 1.28. The standard InChI is InChI=1S/C22H24ClNO4/c1-12-16-5-15(2-3-17(16)24-19(12)26)18(25)10-28-20(27)21-6-13-4-14(7-21)9-22(23,8-13)11-21/h2-3,5,12-14H,4,6-11H2,1H3,(H,24,26)/t12-,13-,14+,21?,22?/m1/s1. The first-order valence-electron chi connectivity index (χ1n) is 10.1. The number of rotatable bonds is 4. The van der Waals surface area contributed by atoms with Gasteiger partial charge in [0.05, 0.1) is 11.3 Å². The number of carbonyl (C=O) groups is 3. The van der Waals surface area contributed by atoms with Crippen LogP contribution in [0, 0.1) is 17.3 Å². The van der Waals surface area contributed by atoms with Crippen LogP contribution in [0.2, 0.25) is 0 Å². The fourth-order valence-electron chi connectivity index (χ4n) is 6.35. The van der Waals surface area contributed by atoms with Crippen molar-refractivity contribution in [1.29, 1.82) is 0 Å². The maximum absolute atomic E-state index is 13.0. The van der Waals surface area contributed by atoms with Crippen molar-refractivity contribution in [3.63, 3.8) is 0 Å².